The minimum absolute atomic E-state index is 0.0306. The highest BCUT2D eigenvalue weighted by atomic mass is 16.5. The lowest BCUT2D eigenvalue weighted by atomic mass is 9.86. The summed E-state index contributed by atoms with van der Waals surface area (Å²) in [4.78, 5) is 17.9. The zero-order valence-corrected chi connectivity index (χ0v) is 19.7. The number of fused-ring (bicyclic) bond motifs is 1. The summed E-state index contributed by atoms with van der Waals surface area (Å²) in [6, 6.07) is 15.5. The molecule has 2 N–H and O–H groups in total. The summed E-state index contributed by atoms with van der Waals surface area (Å²) in [5, 5.41) is 6.86. The predicted molar refractivity (Wildman–Crippen MR) is 133 cm³/mol. The van der Waals surface area contributed by atoms with Crippen LogP contribution in [0, 0.1) is 0 Å². The molecule has 0 radical (unpaired) electrons. The average molecular weight is 449 g/mol. The van der Waals surface area contributed by atoms with Gasteiger partial charge in [0.15, 0.2) is 0 Å². The maximum atomic E-state index is 13.0. The SMILES string of the molecule is CC[C@@H]1CNCCN1c1cccc2c1CC(NC(=O)c1ccc(N3CCOCC3)cc1)CC2. The lowest BCUT2D eigenvalue weighted by Crippen LogP contribution is -2.51. The molecule has 6 nitrogen and oxygen atoms in total. The Morgan fingerprint density at radius 1 is 1.12 bits per heavy atom. The maximum Gasteiger partial charge on any atom is 0.251 e. The van der Waals surface area contributed by atoms with Crippen molar-refractivity contribution >= 4 is 17.3 Å². The number of piperazine rings is 1. The van der Waals surface area contributed by atoms with Crippen LogP contribution in [-0.4, -0.2) is 63.9 Å². The number of aryl methyl sites for hydroxylation is 1. The van der Waals surface area contributed by atoms with Crippen molar-refractivity contribution in [3.05, 3.63) is 59.2 Å². The number of hydrogen-bond donors (Lipinski definition) is 2. The molecule has 1 unspecified atom stereocenters. The van der Waals surface area contributed by atoms with E-state index in [2.05, 4.69) is 57.7 Å². The maximum absolute atomic E-state index is 13.0. The predicted octanol–water partition coefficient (Wildman–Crippen LogP) is 3.00. The summed E-state index contributed by atoms with van der Waals surface area (Å²) in [6.45, 7) is 8.72. The molecule has 2 aromatic rings. The molecular weight excluding hydrogens is 412 g/mol. The first-order valence-corrected chi connectivity index (χ1v) is 12.5. The van der Waals surface area contributed by atoms with Crippen LogP contribution >= 0.6 is 0 Å². The summed E-state index contributed by atoms with van der Waals surface area (Å²) in [7, 11) is 0. The first-order chi connectivity index (χ1) is 16.2. The Hall–Kier alpha value is -2.57. The largest absolute Gasteiger partial charge is 0.378 e. The molecular formula is C27H36N4O2. The minimum Gasteiger partial charge on any atom is -0.378 e. The molecule has 1 aliphatic carbocycles. The highest BCUT2D eigenvalue weighted by Gasteiger charge is 2.28. The molecule has 3 aliphatic rings. The van der Waals surface area contributed by atoms with E-state index in [1.165, 1.54) is 16.8 Å². The second-order valence-electron chi connectivity index (χ2n) is 9.43. The normalized spacial score (nSPS) is 23.2. The van der Waals surface area contributed by atoms with Crippen LogP contribution in [0.2, 0.25) is 0 Å². The van der Waals surface area contributed by atoms with Crippen molar-refractivity contribution < 1.29 is 9.53 Å². The van der Waals surface area contributed by atoms with Gasteiger partial charge in [-0.2, -0.15) is 0 Å². The van der Waals surface area contributed by atoms with E-state index in [-0.39, 0.29) is 11.9 Å². The summed E-state index contributed by atoms with van der Waals surface area (Å²) < 4.78 is 5.44. The number of ether oxygens (including phenoxy) is 1. The number of carbonyl (C=O) groups is 1. The summed E-state index contributed by atoms with van der Waals surface area (Å²) in [6.07, 6.45) is 4.06. The van der Waals surface area contributed by atoms with E-state index in [0.29, 0.717) is 6.04 Å². The van der Waals surface area contributed by atoms with E-state index >= 15 is 0 Å². The van der Waals surface area contributed by atoms with Crippen LogP contribution in [0.1, 0.15) is 41.3 Å². The van der Waals surface area contributed by atoms with Gasteiger partial charge in [0.05, 0.1) is 13.2 Å². The molecule has 5 rings (SSSR count). The molecule has 2 saturated heterocycles. The van der Waals surface area contributed by atoms with Crippen molar-refractivity contribution in [1.82, 2.24) is 10.6 Å². The van der Waals surface area contributed by atoms with Gasteiger partial charge in [0, 0.05) is 61.7 Å². The zero-order chi connectivity index (χ0) is 22.6. The third-order valence-corrected chi connectivity index (χ3v) is 7.43. The van der Waals surface area contributed by atoms with Crippen LogP contribution in [0.15, 0.2) is 42.5 Å². The quantitative estimate of drug-likeness (QED) is 0.737. The fourth-order valence-electron chi connectivity index (χ4n) is 5.52. The third kappa shape index (κ3) is 4.87. The van der Waals surface area contributed by atoms with Crippen LogP contribution in [0.3, 0.4) is 0 Å². The number of nitrogens with zero attached hydrogens (tertiary/aromatic N) is 2. The van der Waals surface area contributed by atoms with Crippen molar-refractivity contribution in [2.24, 2.45) is 0 Å². The molecule has 1 amide bonds. The summed E-state index contributed by atoms with van der Waals surface area (Å²) in [5.74, 6) is 0.0306. The number of anilines is 2. The number of nitrogens with one attached hydrogen (secondary N) is 2. The van der Waals surface area contributed by atoms with Gasteiger partial charge in [-0.25, -0.2) is 0 Å². The highest BCUT2D eigenvalue weighted by molar-refractivity contribution is 5.94. The molecule has 176 valence electrons. The Morgan fingerprint density at radius 2 is 1.94 bits per heavy atom. The molecule has 0 saturated carbocycles. The van der Waals surface area contributed by atoms with E-state index in [1.54, 1.807) is 0 Å². The van der Waals surface area contributed by atoms with Gasteiger partial charge in [0.1, 0.15) is 0 Å². The molecule has 2 fully saturated rings. The molecule has 2 aromatic carbocycles. The molecule has 2 atom stereocenters. The van der Waals surface area contributed by atoms with Gasteiger partial charge in [0.25, 0.3) is 5.91 Å². The monoisotopic (exact) mass is 448 g/mol. The van der Waals surface area contributed by atoms with Crippen molar-refractivity contribution in [2.45, 2.75) is 44.7 Å². The van der Waals surface area contributed by atoms with E-state index in [4.69, 9.17) is 4.74 Å². The zero-order valence-electron chi connectivity index (χ0n) is 19.7. The van der Waals surface area contributed by atoms with E-state index in [0.717, 1.165) is 82.9 Å². The Labute approximate surface area is 197 Å². The molecule has 2 aliphatic heterocycles. The van der Waals surface area contributed by atoms with Crippen molar-refractivity contribution in [2.75, 3.05) is 55.7 Å². The lowest BCUT2D eigenvalue weighted by Gasteiger charge is -2.40. The average Bonchev–Trinajstić information content (AvgIpc) is 2.89. The van der Waals surface area contributed by atoms with Crippen LogP contribution in [0.4, 0.5) is 11.4 Å². The van der Waals surface area contributed by atoms with Gasteiger partial charge in [-0.1, -0.05) is 19.1 Å². The highest BCUT2D eigenvalue weighted by Crippen LogP contribution is 2.32. The minimum atomic E-state index is 0.0306. The van der Waals surface area contributed by atoms with Crippen molar-refractivity contribution in [3.8, 4) is 0 Å². The van der Waals surface area contributed by atoms with Crippen LogP contribution in [-0.2, 0) is 17.6 Å². The van der Waals surface area contributed by atoms with Crippen LogP contribution in [0.25, 0.3) is 0 Å². The number of rotatable bonds is 5. The lowest BCUT2D eigenvalue weighted by molar-refractivity contribution is 0.0933. The summed E-state index contributed by atoms with van der Waals surface area (Å²) >= 11 is 0. The van der Waals surface area contributed by atoms with Crippen molar-refractivity contribution in [1.29, 1.82) is 0 Å². The standard InChI is InChI=1S/C27H36N4O2/c1-2-23-19-28-12-13-31(23)26-5-3-4-20-6-9-22(18-25(20)26)29-27(32)21-7-10-24(11-8-21)30-14-16-33-17-15-30/h3-5,7-8,10-11,22-23,28H,2,6,9,12-19H2,1H3,(H,29,32)/t22?,23-/m1/s1. The fourth-order valence-corrected chi connectivity index (χ4v) is 5.52. The number of hydrogen-bond acceptors (Lipinski definition) is 5. The van der Waals surface area contributed by atoms with Gasteiger partial charge >= 0.3 is 0 Å². The first kappa shape index (κ1) is 22.2. The molecule has 2 heterocycles. The second kappa shape index (κ2) is 10.1. The van der Waals surface area contributed by atoms with Gasteiger partial charge in [-0.15, -0.1) is 0 Å². The number of morpholine rings is 1. The van der Waals surface area contributed by atoms with E-state index in [9.17, 15) is 4.79 Å². The van der Waals surface area contributed by atoms with E-state index < -0.39 is 0 Å². The van der Waals surface area contributed by atoms with Gasteiger partial charge in [-0.3, -0.25) is 4.79 Å². The van der Waals surface area contributed by atoms with Crippen LogP contribution in [0.5, 0.6) is 0 Å². The smallest absolute Gasteiger partial charge is 0.251 e. The molecule has 33 heavy (non-hydrogen) atoms. The number of carbonyl (C=O) groups excluding carboxylic acids is 1. The number of amides is 1. The topological polar surface area (TPSA) is 56.8 Å². The number of benzene rings is 2. The van der Waals surface area contributed by atoms with Gasteiger partial charge in [0.2, 0.25) is 0 Å². The van der Waals surface area contributed by atoms with Crippen LogP contribution < -0.4 is 20.4 Å². The second-order valence-corrected chi connectivity index (χ2v) is 9.43. The Bertz CT molecular complexity index is 955. The third-order valence-electron chi connectivity index (χ3n) is 7.43. The van der Waals surface area contributed by atoms with Gasteiger partial charge in [-0.05, 0) is 67.1 Å². The molecule has 0 aromatic heterocycles. The van der Waals surface area contributed by atoms with Gasteiger partial charge < -0.3 is 25.2 Å². The fraction of sp³-hybridized carbons (Fsp3) is 0.519. The van der Waals surface area contributed by atoms with E-state index in [1.807, 2.05) is 12.1 Å². The summed E-state index contributed by atoms with van der Waals surface area (Å²) in [5.41, 5.74) is 6.14. The Balaban J connectivity index is 1.27. The molecule has 6 heteroatoms. The van der Waals surface area contributed by atoms with Crippen molar-refractivity contribution in [3.63, 3.8) is 0 Å². The molecule has 0 spiro atoms. The first-order valence-electron chi connectivity index (χ1n) is 12.5. The molecule has 0 bridgehead atoms. The Morgan fingerprint density at radius 3 is 2.73 bits per heavy atom. The Kier molecular flexibility index (Phi) is 6.83.